The third-order valence-corrected chi connectivity index (χ3v) is 6.14. The molecule has 28 heavy (non-hydrogen) atoms. The first-order chi connectivity index (χ1) is 13.0. The maximum Gasteiger partial charge on any atom is 0.241 e. The molecule has 0 aliphatic carbocycles. The first-order valence-electron chi connectivity index (χ1n) is 8.10. The van der Waals surface area contributed by atoms with Crippen LogP contribution in [0.25, 0.3) is 0 Å². The summed E-state index contributed by atoms with van der Waals surface area (Å²) in [6.45, 7) is 1.72. The highest BCUT2D eigenvalue weighted by Crippen LogP contribution is 2.26. The molecule has 1 amide bonds. The molecule has 0 atom stereocenters. The fourth-order valence-corrected chi connectivity index (χ4v) is 4.05. The van der Waals surface area contributed by atoms with Crippen LogP contribution in [0, 0.1) is 6.92 Å². The summed E-state index contributed by atoms with van der Waals surface area (Å²) in [6, 6.07) is 10.3. The van der Waals surface area contributed by atoms with Gasteiger partial charge in [0.25, 0.3) is 0 Å². The molecule has 2 aromatic rings. The largest absolute Gasteiger partial charge is 0.495 e. The minimum atomic E-state index is -4.04. The molecular formula is C17H21N3O6S2. The SMILES string of the molecule is COc1ccc(NC(=O)CCNS(=O)(=O)c2ccc(C)cc2)cc1S(N)(=O)=O. The number of hydrogen-bond acceptors (Lipinski definition) is 6. The molecule has 4 N–H and O–H groups in total. The Bertz CT molecular complexity index is 1060. The van der Waals surface area contributed by atoms with E-state index in [1.54, 1.807) is 12.1 Å². The summed E-state index contributed by atoms with van der Waals surface area (Å²) < 4.78 is 54.8. The molecule has 152 valence electrons. The molecule has 0 aliphatic rings. The summed E-state index contributed by atoms with van der Waals surface area (Å²) >= 11 is 0. The Morgan fingerprint density at radius 1 is 1.07 bits per heavy atom. The maximum atomic E-state index is 12.2. The van der Waals surface area contributed by atoms with Gasteiger partial charge in [0, 0.05) is 18.7 Å². The summed E-state index contributed by atoms with van der Waals surface area (Å²) in [5, 5.41) is 7.62. The van der Waals surface area contributed by atoms with Crippen LogP contribution in [0.2, 0.25) is 0 Å². The Hall–Kier alpha value is -2.47. The first kappa shape index (κ1) is 21.8. The number of rotatable bonds is 8. The van der Waals surface area contributed by atoms with Crippen molar-refractivity contribution in [3.05, 3.63) is 48.0 Å². The average molecular weight is 428 g/mol. The molecule has 0 saturated heterocycles. The zero-order chi connectivity index (χ0) is 20.9. The molecule has 0 unspecified atom stereocenters. The molecule has 0 bridgehead atoms. The molecular weight excluding hydrogens is 406 g/mol. The Morgan fingerprint density at radius 3 is 2.29 bits per heavy atom. The van der Waals surface area contributed by atoms with Gasteiger partial charge in [0.15, 0.2) is 0 Å². The van der Waals surface area contributed by atoms with Gasteiger partial charge >= 0.3 is 0 Å². The van der Waals surface area contributed by atoms with Crippen LogP contribution in [0.4, 0.5) is 5.69 Å². The molecule has 0 saturated carbocycles. The van der Waals surface area contributed by atoms with E-state index < -0.39 is 26.0 Å². The summed E-state index contributed by atoms with van der Waals surface area (Å²) in [5.74, 6) is -0.455. The smallest absolute Gasteiger partial charge is 0.241 e. The topological polar surface area (TPSA) is 145 Å². The monoisotopic (exact) mass is 427 g/mol. The fraction of sp³-hybridized carbons (Fsp3) is 0.235. The van der Waals surface area contributed by atoms with E-state index in [-0.39, 0.29) is 34.2 Å². The number of hydrogen-bond donors (Lipinski definition) is 3. The van der Waals surface area contributed by atoms with Crippen molar-refractivity contribution in [2.75, 3.05) is 19.0 Å². The zero-order valence-electron chi connectivity index (χ0n) is 15.3. The maximum absolute atomic E-state index is 12.2. The highest BCUT2D eigenvalue weighted by atomic mass is 32.2. The number of sulfonamides is 2. The summed E-state index contributed by atoms with van der Waals surface area (Å²) in [4.78, 5) is 11.9. The van der Waals surface area contributed by atoms with Gasteiger partial charge in [-0.25, -0.2) is 26.7 Å². The second kappa shape index (κ2) is 8.69. The van der Waals surface area contributed by atoms with Crippen LogP contribution in [-0.4, -0.2) is 36.4 Å². The minimum Gasteiger partial charge on any atom is -0.495 e. The predicted octanol–water partition coefficient (Wildman–Crippen LogP) is 0.958. The van der Waals surface area contributed by atoms with Crippen molar-refractivity contribution in [3.63, 3.8) is 0 Å². The number of carbonyl (C=O) groups is 1. The number of carbonyl (C=O) groups excluding carboxylic acids is 1. The number of benzene rings is 2. The van der Waals surface area contributed by atoms with Gasteiger partial charge in [0.2, 0.25) is 26.0 Å². The van der Waals surface area contributed by atoms with E-state index in [1.807, 2.05) is 6.92 Å². The van der Waals surface area contributed by atoms with Crippen LogP contribution in [0.15, 0.2) is 52.3 Å². The number of aryl methyl sites for hydroxylation is 1. The lowest BCUT2D eigenvalue weighted by Gasteiger charge is -2.11. The minimum absolute atomic E-state index is 0.0476. The number of methoxy groups -OCH3 is 1. The van der Waals surface area contributed by atoms with Crippen molar-refractivity contribution in [2.24, 2.45) is 5.14 Å². The molecule has 0 aromatic heterocycles. The van der Waals surface area contributed by atoms with Crippen molar-refractivity contribution in [1.29, 1.82) is 0 Å². The standard InChI is InChI=1S/C17H21N3O6S2/c1-12-3-6-14(7-4-12)28(24,25)19-10-9-17(21)20-13-5-8-15(26-2)16(11-13)27(18,22)23/h3-8,11,19H,9-10H2,1-2H3,(H,20,21)(H2,18,22,23). The average Bonchev–Trinajstić information content (AvgIpc) is 2.61. The van der Waals surface area contributed by atoms with Crippen LogP contribution in [0.5, 0.6) is 5.75 Å². The number of primary sulfonamides is 1. The lowest BCUT2D eigenvalue weighted by atomic mass is 10.2. The van der Waals surface area contributed by atoms with E-state index in [4.69, 9.17) is 9.88 Å². The fourth-order valence-electron chi connectivity index (χ4n) is 2.30. The van der Waals surface area contributed by atoms with Gasteiger partial charge in [0.1, 0.15) is 10.6 Å². The molecule has 0 aliphatic heterocycles. The summed E-state index contributed by atoms with van der Waals surface area (Å²) in [5.41, 5.74) is 1.12. The van der Waals surface area contributed by atoms with E-state index >= 15 is 0 Å². The number of nitrogens with two attached hydrogens (primary N) is 1. The van der Waals surface area contributed by atoms with E-state index in [1.165, 1.54) is 37.4 Å². The zero-order valence-corrected chi connectivity index (χ0v) is 16.9. The Balaban J connectivity index is 1.98. The quantitative estimate of drug-likeness (QED) is 0.572. The number of nitrogens with one attached hydrogen (secondary N) is 2. The Labute approximate surface area is 164 Å². The van der Waals surface area contributed by atoms with Gasteiger partial charge in [-0.2, -0.15) is 0 Å². The van der Waals surface area contributed by atoms with Crippen molar-refractivity contribution in [2.45, 2.75) is 23.1 Å². The molecule has 0 heterocycles. The van der Waals surface area contributed by atoms with Crippen LogP contribution >= 0.6 is 0 Å². The third kappa shape index (κ3) is 5.76. The molecule has 2 aromatic carbocycles. The Morgan fingerprint density at radius 2 is 1.71 bits per heavy atom. The van der Waals surface area contributed by atoms with E-state index in [2.05, 4.69) is 10.0 Å². The number of anilines is 1. The summed E-state index contributed by atoms with van der Waals surface area (Å²) in [6.07, 6.45) is -0.151. The van der Waals surface area contributed by atoms with E-state index in [0.717, 1.165) is 5.56 Å². The van der Waals surface area contributed by atoms with Gasteiger partial charge in [-0.15, -0.1) is 0 Å². The molecule has 2 rings (SSSR count). The second-order valence-corrected chi connectivity index (χ2v) is 9.22. The van der Waals surface area contributed by atoms with Gasteiger partial charge in [0.05, 0.1) is 12.0 Å². The van der Waals surface area contributed by atoms with Gasteiger partial charge in [-0.05, 0) is 37.3 Å². The van der Waals surface area contributed by atoms with Gasteiger partial charge in [-0.1, -0.05) is 17.7 Å². The van der Waals surface area contributed by atoms with Gasteiger partial charge < -0.3 is 10.1 Å². The lowest BCUT2D eigenvalue weighted by molar-refractivity contribution is -0.116. The van der Waals surface area contributed by atoms with E-state index in [0.29, 0.717) is 0 Å². The summed E-state index contributed by atoms with van der Waals surface area (Å²) in [7, 11) is -6.47. The van der Waals surface area contributed by atoms with Crippen LogP contribution in [-0.2, 0) is 24.8 Å². The molecule has 9 nitrogen and oxygen atoms in total. The van der Waals surface area contributed by atoms with Crippen molar-refractivity contribution >= 4 is 31.6 Å². The normalized spacial score (nSPS) is 11.8. The number of amides is 1. The molecule has 11 heteroatoms. The second-order valence-electron chi connectivity index (χ2n) is 5.92. The highest BCUT2D eigenvalue weighted by molar-refractivity contribution is 7.89. The van der Waals surface area contributed by atoms with Gasteiger partial charge in [-0.3, -0.25) is 4.79 Å². The highest BCUT2D eigenvalue weighted by Gasteiger charge is 2.17. The van der Waals surface area contributed by atoms with Crippen molar-refractivity contribution < 1.29 is 26.4 Å². The lowest BCUT2D eigenvalue weighted by Crippen LogP contribution is -2.27. The van der Waals surface area contributed by atoms with Crippen LogP contribution in [0.1, 0.15) is 12.0 Å². The molecule has 0 fully saturated rings. The Kier molecular flexibility index (Phi) is 6.77. The van der Waals surface area contributed by atoms with Crippen molar-refractivity contribution in [3.8, 4) is 5.75 Å². The molecule has 0 spiro atoms. The van der Waals surface area contributed by atoms with Crippen LogP contribution in [0.3, 0.4) is 0 Å². The molecule has 0 radical (unpaired) electrons. The predicted molar refractivity (Wildman–Crippen MR) is 104 cm³/mol. The first-order valence-corrected chi connectivity index (χ1v) is 11.1. The van der Waals surface area contributed by atoms with E-state index in [9.17, 15) is 21.6 Å². The third-order valence-electron chi connectivity index (χ3n) is 3.73. The number of ether oxygens (including phenoxy) is 1. The van der Waals surface area contributed by atoms with Crippen LogP contribution < -0.4 is 19.9 Å². The van der Waals surface area contributed by atoms with Crippen molar-refractivity contribution in [1.82, 2.24) is 4.72 Å².